The van der Waals surface area contributed by atoms with Crippen LogP contribution in [-0.4, -0.2) is 38.6 Å². The first-order valence-corrected chi connectivity index (χ1v) is 11.2. The molecule has 5 nitrogen and oxygen atoms in total. The van der Waals surface area contributed by atoms with Crippen LogP contribution in [0.4, 0.5) is 0 Å². The monoisotopic (exact) mass is 415 g/mol. The number of nitrogens with zero attached hydrogens (tertiary/aromatic N) is 3. The summed E-state index contributed by atoms with van der Waals surface area (Å²) in [4.78, 5) is 2.65. The van der Waals surface area contributed by atoms with Crippen LogP contribution < -0.4 is 4.90 Å². The number of rotatable bonds is 7. The Morgan fingerprint density at radius 2 is 2.07 bits per heavy atom. The highest BCUT2D eigenvalue weighted by Gasteiger charge is 2.23. The summed E-state index contributed by atoms with van der Waals surface area (Å²) >= 11 is 7.57. The van der Waals surface area contributed by atoms with E-state index in [2.05, 4.69) is 46.3 Å². The number of nitrogens with one attached hydrogen (secondary N) is 1. The molecule has 148 valence electrons. The zero-order chi connectivity index (χ0) is 19.3. The van der Waals surface area contributed by atoms with Crippen molar-refractivity contribution in [3.8, 4) is 0 Å². The van der Waals surface area contributed by atoms with Gasteiger partial charge in [0.1, 0.15) is 18.5 Å². The second-order valence-corrected chi connectivity index (χ2v) is 8.90. The molecule has 1 saturated heterocycles. The van der Waals surface area contributed by atoms with Crippen molar-refractivity contribution < 1.29 is 10.0 Å². The number of aromatic nitrogens is 3. The highest BCUT2D eigenvalue weighted by atomic mass is 32.1. The van der Waals surface area contributed by atoms with E-state index in [0.717, 1.165) is 62.6 Å². The molecule has 1 aromatic carbocycles. The average Bonchev–Trinajstić information content (AvgIpc) is 3.30. The molecule has 28 heavy (non-hydrogen) atoms. The molecule has 7 heteroatoms. The fraction of sp³-hybridized carbons (Fsp3) is 0.429. The number of piperidine rings is 1. The molecule has 1 aliphatic heterocycles. The highest BCUT2D eigenvalue weighted by Crippen LogP contribution is 2.15. The fourth-order valence-electron chi connectivity index (χ4n) is 3.88. The topological polar surface area (TPSA) is 47.4 Å². The predicted octanol–water partition coefficient (Wildman–Crippen LogP) is 2.31. The van der Waals surface area contributed by atoms with Crippen LogP contribution in [0.5, 0.6) is 0 Å². The van der Waals surface area contributed by atoms with Crippen molar-refractivity contribution in [3.05, 3.63) is 68.9 Å². The first-order chi connectivity index (χ1) is 13.7. The molecule has 1 unspecified atom stereocenters. The van der Waals surface area contributed by atoms with Gasteiger partial charge in [0.2, 0.25) is 4.77 Å². The number of likely N-dealkylation sites (tertiary alicyclic amines) is 1. The van der Waals surface area contributed by atoms with Gasteiger partial charge in [-0.3, -0.25) is 0 Å². The summed E-state index contributed by atoms with van der Waals surface area (Å²) < 4.78 is 4.95. The largest absolute Gasteiger partial charge is 0.387 e. The lowest BCUT2D eigenvalue weighted by Gasteiger charge is -2.26. The normalized spacial score (nSPS) is 19.8. The number of aliphatic hydroxyl groups is 1. The zero-order valence-corrected chi connectivity index (χ0v) is 17.6. The van der Waals surface area contributed by atoms with Crippen LogP contribution in [0.2, 0.25) is 0 Å². The van der Waals surface area contributed by atoms with Gasteiger partial charge in [-0.25, -0.2) is 0 Å². The van der Waals surface area contributed by atoms with Crippen LogP contribution in [-0.2, 0) is 26.1 Å². The van der Waals surface area contributed by atoms with Crippen molar-refractivity contribution in [3.63, 3.8) is 0 Å². The zero-order valence-electron chi connectivity index (χ0n) is 16.0. The summed E-state index contributed by atoms with van der Waals surface area (Å²) in [5, 5.41) is 17.0. The molecular weight excluding hydrogens is 388 g/mol. The van der Waals surface area contributed by atoms with Gasteiger partial charge in [-0.15, -0.1) is 11.3 Å². The molecule has 3 heterocycles. The van der Waals surface area contributed by atoms with Crippen LogP contribution in [0.15, 0.2) is 47.8 Å². The van der Waals surface area contributed by atoms with E-state index in [1.807, 2.05) is 10.7 Å². The van der Waals surface area contributed by atoms with Gasteiger partial charge in [-0.1, -0.05) is 36.4 Å². The fourth-order valence-corrected chi connectivity index (χ4v) is 4.88. The molecule has 0 radical (unpaired) electrons. The van der Waals surface area contributed by atoms with Gasteiger partial charge < -0.3 is 14.6 Å². The van der Waals surface area contributed by atoms with Gasteiger partial charge in [-0.05, 0) is 48.5 Å². The highest BCUT2D eigenvalue weighted by molar-refractivity contribution is 7.71. The van der Waals surface area contributed by atoms with E-state index in [0.29, 0.717) is 0 Å². The maximum absolute atomic E-state index is 9.99. The number of hydrogen-bond donors (Lipinski definition) is 2. The Hall–Kier alpha value is -1.80. The molecule has 2 atom stereocenters. The van der Waals surface area contributed by atoms with Crippen molar-refractivity contribution in [2.24, 2.45) is 0 Å². The first-order valence-electron chi connectivity index (χ1n) is 9.93. The molecule has 1 fully saturated rings. The predicted molar refractivity (Wildman–Crippen MR) is 114 cm³/mol. The summed E-state index contributed by atoms with van der Waals surface area (Å²) in [6.07, 6.45) is 3.50. The number of quaternary nitrogens is 1. The summed E-state index contributed by atoms with van der Waals surface area (Å²) in [5.74, 6) is 1.03. The van der Waals surface area contributed by atoms with Crippen molar-refractivity contribution in [2.45, 2.75) is 45.0 Å². The first kappa shape index (κ1) is 19.5. The van der Waals surface area contributed by atoms with Crippen LogP contribution in [0.25, 0.3) is 0 Å². The Morgan fingerprint density at radius 1 is 1.21 bits per heavy atom. The number of aliphatic hydroxyl groups excluding tert-OH is 1. The maximum atomic E-state index is 9.99. The van der Waals surface area contributed by atoms with Gasteiger partial charge >= 0.3 is 0 Å². The quantitative estimate of drug-likeness (QED) is 0.582. The number of aryl methyl sites for hydroxylation is 1. The number of hydrogen-bond acceptors (Lipinski definition) is 4. The van der Waals surface area contributed by atoms with E-state index in [4.69, 9.17) is 17.3 Å². The third-order valence-electron chi connectivity index (χ3n) is 5.34. The van der Waals surface area contributed by atoms with E-state index < -0.39 is 0 Å². The Bertz CT molecular complexity index is 933. The molecule has 0 aliphatic carbocycles. The Labute approximate surface area is 174 Å². The van der Waals surface area contributed by atoms with Gasteiger partial charge in [0.25, 0.3) is 0 Å². The number of thiophene rings is 1. The minimum Gasteiger partial charge on any atom is -0.387 e. The Morgan fingerprint density at radius 3 is 2.82 bits per heavy atom. The van der Waals surface area contributed by atoms with Crippen molar-refractivity contribution in [2.75, 3.05) is 13.1 Å². The van der Waals surface area contributed by atoms with E-state index in [-0.39, 0.29) is 6.10 Å². The Kier molecular flexibility index (Phi) is 6.36. The molecule has 3 aromatic rings. The number of benzene rings is 1. The lowest BCUT2D eigenvalue weighted by atomic mass is 10.1. The molecule has 0 saturated carbocycles. The summed E-state index contributed by atoms with van der Waals surface area (Å²) in [6, 6.07) is 14.8. The minimum absolute atomic E-state index is 0.205. The molecule has 2 aromatic heterocycles. The molecular formula is C21H27N4OS2+. The average molecular weight is 416 g/mol. The third-order valence-corrected chi connectivity index (χ3v) is 6.65. The lowest BCUT2D eigenvalue weighted by molar-refractivity contribution is -0.931. The van der Waals surface area contributed by atoms with E-state index in [1.54, 1.807) is 11.3 Å². The van der Waals surface area contributed by atoms with Gasteiger partial charge in [-0.2, -0.15) is 9.78 Å². The molecule has 1 aliphatic rings. The second-order valence-electron chi connectivity index (χ2n) is 7.50. The lowest BCUT2D eigenvalue weighted by Crippen LogP contribution is -3.13. The molecule has 0 spiro atoms. The second kappa shape index (κ2) is 9.13. The SMILES string of the molecule is O[C@H]1CCC[NH+](Cn2nc(Cc3cccs3)n(CCc3ccccc3)c2=S)C1. The van der Waals surface area contributed by atoms with Crippen LogP contribution in [0, 0.1) is 4.77 Å². The molecule has 2 N–H and O–H groups in total. The van der Waals surface area contributed by atoms with E-state index >= 15 is 0 Å². The molecule has 0 bridgehead atoms. The van der Waals surface area contributed by atoms with Gasteiger partial charge in [0, 0.05) is 17.8 Å². The minimum atomic E-state index is -0.205. The van der Waals surface area contributed by atoms with Crippen LogP contribution >= 0.6 is 23.6 Å². The van der Waals surface area contributed by atoms with Gasteiger partial charge in [0.15, 0.2) is 6.67 Å². The molecule has 4 rings (SSSR count). The maximum Gasteiger partial charge on any atom is 0.202 e. The smallest absolute Gasteiger partial charge is 0.202 e. The van der Waals surface area contributed by atoms with Crippen molar-refractivity contribution in [1.29, 1.82) is 0 Å². The van der Waals surface area contributed by atoms with Gasteiger partial charge in [0.05, 0.1) is 6.54 Å². The van der Waals surface area contributed by atoms with Crippen LogP contribution in [0.1, 0.15) is 29.1 Å². The molecule has 0 amide bonds. The van der Waals surface area contributed by atoms with Crippen molar-refractivity contribution in [1.82, 2.24) is 14.3 Å². The van der Waals surface area contributed by atoms with E-state index in [1.165, 1.54) is 15.3 Å². The van der Waals surface area contributed by atoms with Crippen molar-refractivity contribution >= 4 is 23.6 Å². The van der Waals surface area contributed by atoms with Crippen LogP contribution in [0.3, 0.4) is 0 Å². The summed E-state index contributed by atoms with van der Waals surface area (Å²) in [7, 11) is 0. The Balaban J connectivity index is 1.56. The standard InChI is InChI=1S/C21H26N4OS2/c26-18-8-4-11-23(15-18)16-25-21(27)24(12-10-17-6-2-1-3-7-17)20(22-25)14-19-9-5-13-28-19/h1-3,5-7,9,13,18,26H,4,8,10-12,14-16H2/p+1/t18-/m0/s1. The van der Waals surface area contributed by atoms with E-state index in [9.17, 15) is 5.11 Å². The third kappa shape index (κ3) is 4.78. The summed E-state index contributed by atoms with van der Waals surface area (Å²) in [6.45, 7) is 3.40. The summed E-state index contributed by atoms with van der Waals surface area (Å²) in [5.41, 5.74) is 1.31.